The molecule has 2 saturated heterocycles. The van der Waals surface area contributed by atoms with E-state index in [0.29, 0.717) is 25.5 Å². The summed E-state index contributed by atoms with van der Waals surface area (Å²) in [6, 6.07) is 0. The fourth-order valence-corrected chi connectivity index (χ4v) is 4.89. The molecule has 0 saturated carbocycles. The molecule has 2 aliphatic rings. The lowest BCUT2D eigenvalue weighted by Crippen LogP contribution is -2.44. The van der Waals surface area contributed by atoms with Gasteiger partial charge in [-0.15, -0.1) is 0 Å². The number of nitrogens with zero attached hydrogens (tertiary/aromatic N) is 4. The Hall–Kier alpha value is -1.49. The predicted octanol–water partition coefficient (Wildman–Crippen LogP) is -0.392. The van der Waals surface area contributed by atoms with Gasteiger partial charge >= 0.3 is 5.97 Å². The van der Waals surface area contributed by atoms with Crippen LogP contribution in [0.25, 0.3) is 0 Å². The van der Waals surface area contributed by atoms with E-state index in [2.05, 4.69) is 4.98 Å². The average Bonchev–Trinajstić information content (AvgIpc) is 3.11. The van der Waals surface area contributed by atoms with Gasteiger partial charge in [-0.2, -0.15) is 17.0 Å². The zero-order chi connectivity index (χ0) is 17.7. The smallest absolute Gasteiger partial charge is 0.312 e. The Bertz CT molecular complexity index is 746. The zero-order valence-electron chi connectivity index (χ0n) is 14.0. The first kappa shape index (κ1) is 17.3. The maximum atomic E-state index is 12.3. The van der Waals surface area contributed by atoms with Gasteiger partial charge in [0.2, 0.25) is 0 Å². The van der Waals surface area contributed by atoms with Gasteiger partial charge in [0, 0.05) is 59.7 Å². The van der Waals surface area contributed by atoms with Gasteiger partial charge in [0.25, 0.3) is 10.2 Å². The highest BCUT2D eigenvalue weighted by Crippen LogP contribution is 2.44. The Morgan fingerprint density at radius 3 is 2.67 bits per heavy atom. The van der Waals surface area contributed by atoms with Gasteiger partial charge in [-0.3, -0.25) is 9.69 Å². The van der Waals surface area contributed by atoms with Crippen LogP contribution in [-0.2, 0) is 21.5 Å². The van der Waals surface area contributed by atoms with E-state index >= 15 is 0 Å². The number of rotatable bonds is 5. The Labute approximate surface area is 141 Å². The first-order valence-electron chi connectivity index (χ1n) is 7.69. The van der Waals surface area contributed by atoms with Gasteiger partial charge in [0.1, 0.15) is 6.26 Å². The average molecular weight is 358 g/mol. The van der Waals surface area contributed by atoms with E-state index in [-0.39, 0.29) is 19.0 Å². The van der Waals surface area contributed by atoms with E-state index in [1.807, 2.05) is 4.90 Å². The van der Waals surface area contributed by atoms with Crippen LogP contribution >= 0.6 is 0 Å². The van der Waals surface area contributed by atoms with Crippen LogP contribution in [0.4, 0.5) is 0 Å². The molecule has 0 aliphatic carbocycles. The number of hydrogen-bond donors (Lipinski definition) is 1. The summed E-state index contributed by atoms with van der Waals surface area (Å²) in [5.41, 5.74) is -0.312. The van der Waals surface area contributed by atoms with Gasteiger partial charge < -0.3 is 9.52 Å². The van der Waals surface area contributed by atoms with Gasteiger partial charge in [-0.1, -0.05) is 0 Å². The summed E-state index contributed by atoms with van der Waals surface area (Å²) in [6.45, 7) is 3.31. The Balaban J connectivity index is 1.78. The Morgan fingerprint density at radius 2 is 2.17 bits per heavy atom. The van der Waals surface area contributed by atoms with E-state index in [0.717, 1.165) is 10.00 Å². The van der Waals surface area contributed by atoms with Crippen molar-refractivity contribution in [2.24, 2.45) is 11.3 Å². The zero-order valence-corrected chi connectivity index (χ0v) is 14.8. The van der Waals surface area contributed by atoms with Crippen LogP contribution in [0.5, 0.6) is 0 Å². The summed E-state index contributed by atoms with van der Waals surface area (Å²) in [5.74, 6) is -0.610. The third-order valence-electron chi connectivity index (χ3n) is 4.91. The lowest BCUT2D eigenvalue weighted by Gasteiger charge is -2.26. The van der Waals surface area contributed by atoms with Crippen LogP contribution in [0.15, 0.2) is 10.7 Å². The second-order valence-electron chi connectivity index (χ2n) is 6.77. The number of likely N-dealkylation sites (tertiary alicyclic amines) is 1. The maximum Gasteiger partial charge on any atom is 0.312 e. The van der Waals surface area contributed by atoms with Crippen molar-refractivity contribution in [1.29, 1.82) is 0 Å². The van der Waals surface area contributed by atoms with Crippen molar-refractivity contribution in [3.8, 4) is 0 Å². The largest absolute Gasteiger partial charge is 0.481 e. The molecule has 0 aromatic carbocycles. The number of hydrogen-bond acceptors (Lipinski definition) is 6. The number of oxazole rings is 1. The van der Waals surface area contributed by atoms with Crippen molar-refractivity contribution in [2.45, 2.75) is 13.5 Å². The van der Waals surface area contributed by atoms with Crippen LogP contribution in [0, 0.1) is 18.3 Å². The van der Waals surface area contributed by atoms with Crippen LogP contribution in [-0.4, -0.2) is 78.3 Å². The van der Waals surface area contributed by atoms with Crippen molar-refractivity contribution in [3.05, 3.63) is 17.8 Å². The highest BCUT2D eigenvalue weighted by molar-refractivity contribution is 7.86. The molecular weight excluding hydrogens is 336 g/mol. The van der Waals surface area contributed by atoms with Crippen LogP contribution in [0.2, 0.25) is 0 Å². The first-order chi connectivity index (χ1) is 11.1. The molecule has 10 heteroatoms. The van der Waals surface area contributed by atoms with Crippen molar-refractivity contribution >= 4 is 16.2 Å². The fourth-order valence-electron chi connectivity index (χ4n) is 3.66. The van der Waals surface area contributed by atoms with E-state index in [1.54, 1.807) is 13.2 Å². The molecule has 2 aliphatic heterocycles. The van der Waals surface area contributed by atoms with E-state index in [4.69, 9.17) is 4.42 Å². The predicted molar refractivity (Wildman–Crippen MR) is 84.3 cm³/mol. The van der Waals surface area contributed by atoms with Gasteiger partial charge in [-0.05, 0) is 0 Å². The molecule has 0 spiro atoms. The van der Waals surface area contributed by atoms with Crippen molar-refractivity contribution in [1.82, 2.24) is 18.5 Å². The molecule has 0 unspecified atom stereocenters. The molecule has 0 amide bonds. The summed E-state index contributed by atoms with van der Waals surface area (Å²) in [5, 5.41) is 9.79. The molecule has 9 nitrogen and oxygen atoms in total. The quantitative estimate of drug-likeness (QED) is 0.764. The second-order valence-corrected chi connectivity index (χ2v) is 8.91. The number of fused-ring (bicyclic) bond motifs is 1. The van der Waals surface area contributed by atoms with Crippen LogP contribution in [0.3, 0.4) is 0 Å². The lowest BCUT2D eigenvalue weighted by molar-refractivity contribution is -0.148. The summed E-state index contributed by atoms with van der Waals surface area (Å²) in [4.78, 5) is 18.2. The number of carboxylic acids is 1. The molecule has 1 N–H and O–H groups in total. The molecule has 1 aromatic rings. The van der Waals surface area contributed by atoms with Gasteiger partial charge in [0.15, 0.2) is 5.89 Å². The minimum absolute atomic E-state index is 0.00184. The molecule has 1 aromatic heterocycles. The highest BCUT2D eigenvalue weighted by atomic mass is 32.2. The third-order valence-corrected chi connectivity index (χ3v) is 6.77. The molecule has 24 heavy (non-hydrogen) atoms. The standard InChI is InChI=1S/C14H22N4O5S/c1-10-15-12(7-23-10)6-17-4-11-5-18(24(21,22)16(2)3)9-14(11,8-17)13(19)20/h7,11H,4-6,8-9H2,1-3H3,(H,19,20)/t11-,14-/m0/s1. The number of aryl methyl sites for hydroxylation is 1. The van der Waals surface area contributed by atoms with E-state index < -0.39 is 21.6 Å². The van der Waals surface area contributed by atoms with Crippen molar-refractivity contribution < 1.29 is 22.7 Å². The first-order valence-corrected chi connectivity index (χ1v) is 9.09. The molecule has 3 rings (SSSR count). The summed E-state index contributed by atoms with van der Waals surface area (Å²) in [7, 11) is -0.697. The Morgan fingerprint density at radius 1 is 1.46 bits per heavy atom. The van der Waals surface area contributed by atoms with Gasteiger partial charge in [0.05, 0.1) is 11.1 Å². The van der Waals surface area contributed by atoms with Crippen LogP contribution < -0.4 is 0 Å². The van der Waals surface area contributed by atoms with E-state index in [1.165, 1.54) is 18.4 Å². The minimum Gasteiger partial charge on any atom is -0.481 e. The third kappa shape index (κ3) is 2.73. The molecule has 3 heterocycles. The lowest BCUT2D eigenvalue weighted by atomic mass is 9.81. The van der Waals surface area contributed by atoms with Crippen molar-refractivity contribution in [2.75, 3.05) is 40.3 Å². The maximum absolute atomic E-state index is 12.3. The molecule has 0 radical (unpaired) electrons. The summed E-state index contributed by atoms with van der Waals surface area (Å²) in [6.07, 6.45) is 1.57. The molecular formula is C14H22N4O5S. The Kier molecular flexibility index (Phi) is 4.19. The van der Waals surface area contributed by atoms with E-state index in [9.17, 15) is 18.3 Å². The van der Waals surface area contributed by atoms with Gasteiger partial charge in [-0.25, -0.2) is 4.98 Å². The highest BCUT2D eigenvalue weighted by Gasteiger charge is 2.59. The molecule has 2 fully saturated rings. The molecule has 0 bridgehead atoms. The second kappa shape index (κ2) is 5.80. The molecule has 2 atom stereocenters. The normalized spacial score (nSPS) is 28.6. The fraction of sp³-hybridized carbons (Fsp3) is 0.714. The molecule has 134 valence electrons. The van der Waals surface area contributed by atoms with Crippen molar-refractivity contribution in [3.63, 3.8) is 0 Å². The SMILES string of the molecule is Cc1nc(CN2C[C@H]3CN(S(=O)(=O)N(C)C)C[C@@]3(C(=O)O)C2)co1. The number of carbonyl (C=O) groups is 1. The topological polar surface area (TPSA) is 107 Å². The van der Waals surface area contributed by atoms with Crippen LogP contribution in [0.1, 0.15) is 11.6 Å². The summed E-state index contributed by atoms with van der Waals surface area (Å²) < 4.78 is 32.2. The number of aromatic nitrogens is 1. The summed E-state index contributed by atoms with van der Waals surface area (Å²) >= 11 is 0. The monoisotopic (exact) mass is 358 g/mol. The number of carboxylic acid groups (broad SMARTS) is 1. The minimum atomic E-state index is -3.61. The number of aliphatic carboxylic acids is 1.